The van der Waals surface area contributed by atoms with Gasteiger partial charge in [0.25, 0.3) is 0 Å². The number of para-hydroxylation sites is 1. The van der Waals surface area contributed by atoms with Crippen LogP contribution >= 0.6 is 0 Å². The van der Waals surface area contributed by atoms with Crippen molar-refractivity contribution >= 4 is 27.2 Å². The first-order valence-corrected chi connectivity index (χ1v) is 10.1. The van der Waals surface area contributed by atoms with Crippen molar-refractivity contribution in [1.82, 2.24) is 0 Å². The van der Waals surface area contributed by atoms with Crippen molar-refractivity contribution in [3.8, 4) is 0 Å². The van der Waals surface area contributed by atoms with Gasteiger partial charge in [-0.05, 0) is 37.6 Å². The first-order valence-electron chi connectivity index (χ1n) is 8.32. The molecule has 4 rings (SSSR count). The Morgan fingerprint density at radius 3 is 2.12 bits per heavy atom. The third kappa shape index (κ3) is 2.61. The molecule has 2 heterocycles. The summed E-state index contributed by atoms with van der Waals surface area (Å²) in [5.41, 5.74) is 3.60. The van der Waals surface area contributed by atoms with Crippen LogP contribution in [0.1, 0.15) is 11.1 Å². The summed E-state index contributed by atoms with van der Waals surface area (Å²) in [4.78, 5) is 16.6. The van der Waals surface area contributed by atoms with Crippen molar-refractivity contribution in [3.05, 3.63) is 59.7 Å². The number of sulfone groups is 1. The molecule has 2 amide bonds. The molecule has 2 aromatic rings. The molecule has 0 bridgehead atoms. The summed E-state index contributed by atoms with van der Waals surface area (Å²) < 4.78 is 24.6. The van der Waals surface area contributed by atoms with Crippen LogP contribution < -0.4 is 9.80 Å². The SMILES string of the molecule is Cc1ccc(N2C(=O)N(c3ccccc3C)[C@H]3CS(=O)(=O)C[C@H]32)cc1. The Balaban J connectivity index is 1.83. The second kappa shape index (κ2) is 5.59. The van der Waals surface area contributed by atoms with Gasteiger partial charge in [-0.1, -0.05) is 35.9 Å². The zero-order valence-electron chi connectivity index (χ0n) is 14.2. The van der Waals surface area contributed by atoms with Crippen LogP contribution in [-0.2, 0) is 9.84 Å². The van der Waals surface area contributed by atoms with E-state index in [1.807, 2.05) is 62.4 Å². The Kier molecular flexibility index (Phi) is 3.61. The van der Waals surface area contributed by atoms with Gasteiger partial charge in [0.1, 0.15) is 0 Å². The highest BCUT2D eigenvalue weighted by Crippen LogP contribution is 2.38. The first-order chi connectivity index (χ1) is 11.9. The van der Waals surface area contributed by atoms with Crippen molar-refractivity contribution in [1.29, 1.82) is 0 Å². The molecule has 2 aliphatic heterocycles. The molecule has 0 saturated carbocycles. The van der Waals surface area contributed by atoms with Crippen molar-refractivity contribution in [2.24, 2.45) is 0 Å². The van der Waals surface area contributed by atoms with E-state index in [2.05, 4.69) is 0 Å². The van der Waals surface area contributed by atoms with E-state index in [9.17, 15) is 13.2 Å². The molecule has 0 radical (unpaired) electrons. The molecule has 0 aromatic heterocycles. The number of aryl methyl sites for hydroxylation is 2. The molecular weight excluding hydrogens is 336 g/mol. The third-order valence-corrected chi connectivity index (χ3v) is 6.75. The molecule has 130 valence electrons. The number of hydrogen-bond acceptors (Lipinski definition) is 3. The van der Waals surface area contributed by atoms with E-state index in [0.29, 0.717) is 0 Å². The molecule has 0 spiro atoms. The second-order valence-corrected chi connectivity index (χ2v) is 9.01. The van der Waals surface area contributed by atoms with Gasteiger partial charge >= 0.3 is 6.03 Å². The number of benzene rings is 2. The monoisotopic (exact) mass is 356 g/mol. The van der Waals surface area contributed by atoms with E-state index in [0.717, 1.165) is 22.5 Å². The normalized spacial score (nSPS) is 24.6. The van der Waals surface area contributed by atoms with Gasteiger partial charge in [0, 0.05) is 11.4 Å². The predicted molar refractivity (Wildman–Crippen MR) is 98.9 cm³/mol. The summed E-state index contributed by atoms with van der Waals surface area (Å²) in [6.45, 7) is 3.92. The smallest absolute Gasteiger partial charge is 0.288 e. The average molecular weight is 356 g/mol. The van der Waals surface area contributed by atoms with Crippen molar-refractivity contribution in [2.75, 3.05) is 21.3 Å². The van der Waals surface area contributed by atoms with E-state index < -0.39 is 9.84 Å². The van der Waals surface area contributed by atoms with Crippen LogP contribution in [0.3, 0.4) is 0 Å². The molecule has 2 aliphatic rings. The standard InChI is InChI=1S/C19H20N2O3S/c1-13-7-9-15(10-8-13)20-17-11-25(23,24)12-18(17)21(19(20)22)16-6-4-3-5-14(16)2/h3-10,17-18H,11-12H2,1-2H3/t17-,18+/m1/s1. The van der Waals surface area contributed by atoms with E-state index in [4.69, 9.17) is 0 Å². The van der Waals surface area contributed by atoms with Gasteiger partial charge in [-0.3, -0.25) is 9.80 Å². The third-order valence-electron chi connectivity index (χ3n) is 5.06. The molecular formula is C19H20N2O3S. The lowest BCUT2D eigenvalue weighted by Gasteiger charge is -2.24. The number of amides is 2. The largest absolute Gasteiger partial charge is 0.329 e. The van der Waals surface area contributed by atoms with Crippen molar-refractivity contribution in [2.45, 2.75) is 25.9 Å². The van der Waals surface area contributed by atoms with Crippen LogP contribution in [0.15, 0.2) is 48.5 Å². The molecule has 6 heteroatoms. The summed E-state index contributed by atoms with van der Waals surface area (Å²) >= 11 is 0. The Morgan fingerprint density at radius 2 is 1.48 bits per heavy atom. The molecule has 2 atom stereocenters. The number of fused-ring (bicyclic) bond motifs is 1. The van der Waals surface area contributed by atoms with Crippen molar-refractivity contribution in [3.63, 3.8) is 0 Å². The summed E-state index contributed by atoms with van der Waals surface area (Å²) in [6, 6.07) is 14.4. The lowest BCUT2D eigenvalue weighted by molar-refractivity contribution is 0.255. The van der Waals surface area contributed by atoms with E-state index >= 15 is 0 Å². The summed E-state index contributed by atoms with van der Waals surface area (Å²) in [6.07, 6.45) is 0. The Bertz CT molecular complexity index is 937. The van der Waals surface area contributed by atoms with E-state index in [1.54, 1.807) is 9.80 Å². The van der Waals surface area contributed by atoms with Crippen LogP contribution in [-0.4, -0.2) is 38.0 Å². The maximum Gasteiger partial charge on any atom is 0.329 e. The highest BCUT2D eigenvalue weighted by atomic mass is 32.2. The Hall–Kier alpha value is -2.34. The molecule has 0 N–H and O–H groups in total. The highest BCUT2D eigenvalue weighted by Gasteiger charge is 2.54. The summed E-state index contributed by atoms with van der Waals surface area (Å²) in [5, 5.41) is 0. The Morgan fingerprint density at radius 1 is 0.880 bits per heavy atom. The maximum atomic E-state index is 13.2. The fourth-order valence-electron chi connectivity index (χ4n) is 3.83. The summed E-state index contributed by atoms with van der Waals surface area (Å²) in [7, 11) is -3.17. The van der Waals surface area contributed by atoms with Gasteiger partial charge < -0.3 is 0 Å². The Labute approximate surface area is 147 Å². The zero-order chi connectivity index (χ0) is 17.8. The van der Waals surface area contributed by atoms with Crippen LogP contribution in [0.4, 0.5) is 16.2 Å². The van der Waals surface area contributed by atoms with Gasteiger partial charge in [-0.25, -0.2) is 13.2 Å². The number of carbonyl (C=O) groups is 1. The topological polar surface area (TPSA) is 57.7 Å². The molecule has 5 nitrogen and oxygen atoms in total. The number of carbonyl (C=O) groups excluding carboxylic acids is 1. The molecule has 0 aliphatic carbocycles. The van der Waals surface area contributed by atoms with Crippen LogP contribution in [0.5, 0.6) is 0 Å². The average Bonchev–Trinajstić information content (AvgIpc) is 2.99. The molecule has 2 aromatic carbocycles. The lowest BCUT2D eigenvalue weighted by atomic mass is 10.1. The van der Waals surface area contributed by atoms with E-state index in [-0.39, 0.29) is 29.6 Å². The van der Waals surface area contributed by atoms with Crippen LogP contribution in [0.25, 0.3) is 0 Å². The zero-order valence-corrected chi connectivity index (χ0v) is 15.0. The molecule has 2 saturated heterocycles. The number of rotatable bonds is 2. The van der Waals surface area contributed by atoms with Gasteiger partial charge in [0.05, 0.1) is 23.6 Å². The summed E-state index contributed by atoms with van der Waals surface area (Å²) in [5.74, 6) is 0.0275. The van der Waals surface area contributed by atoms with Crippen molar-refractivity contribution < 1.29 is 13.2 Å². The lowest BCUT2D eigenvalue weighted by Crippen LogP contribution is -2.38. The number of nitrogens with zero attached hydrogens (tertiary/aromatic N) is 2. The van der Waals surface area contributed by atoms with Crippen LogP contribution in [0.2, 0.25) is 0 Å². The number of urea groups is 1. The fraction of sp³-hybridized carbons (Fsp3) is 0.316. The van der Waals surface area contributed by atoms with Gasteiger partial charge in [0.15, 0.2) is 9.84 Å². The number of hydrogen-bond donors (Lipinski definition) is 0. The molecule has 0 unspecified atom stereocenters. The minimum atomic E-state index is -3.17. The molecule has 25 heavy (non-hydrogen) atoms. The highest BCUT2D eigenvalue weighted by molar-refractivity contribution is 7.91. The fourth-order valence-corrected chi connectivity index (χ4v) is 5.75. The maximum absolute atomic E-state index is 13.2. The van der Waals surface area contributed by atoms with E-state index in [1.165, 1.54) is 0 Å². The molecule has 2 fully saturated rings. The van der Waals surface area contributed by atoms with Gasteiger partial charge in [0.2, 0.25) is 0 Å². The van der Waals surface area contributed by atoms with Gasteiger partial charge in [-0.15, -0.1) is 0 Å². The predicted octanol–water partition coefficient (Wildman–Crippen LogP) is 2.92. The first kappa shape index (κ1) is 16.1. The quantitative estimate of drug-likeness (QED) is 0.778. The van der Waals surface area contributed by atoms with Gasteiger partial charge in [-0.2, -0.15) is 0 Å². The number of anilines is 2. The minimum absolute atomic E-state index is 0.0136. The second-order valence-electron chi connectivity index (χ2n) is 6.86. The van der Waals surface area contributed by atoms with Crippen LogP contribution in [0, 0.1) is 13.8 Å². The minimum Gasteiger partial charge on any atom is -0.288 e.